The van der Waals surface area contributed by atoms with Gasteiger partial charge in [-0.3, -0.25) is 14.4 Å². The molecule has 6 nitrogen and oxygen atoms in total. The van der Waals surface area contributed by atoms with Crippen molar-refractivity contribution in [3.05, 3.63) is 28.2 Å². The summed E-state index contributed by atoms with van der Waals surface area (Å²) in [5, 5.41) is 15.9. The van der Waals surface area contributed by atoms with E-state index in [4.69, 9.17) is 0 Å². The van der Waals surface area contributed by atoms with Crippen molar-refractivity contribution >= 4 is 34.1 Å². The third kappa shape index (κ3) is 4.24. The van der Waals surface area contributed by atoms with Crippen LogP contribution in [0.3, 0.4) is 0 Å². The van der Waals surface area contributed by atoms with Gasteiger partial charge in [-0.05, 0) is 45.1 Å². The van der Waals surface area contributed by atoms with Gasteiger partial charge in [0.25, 0.3) is 5.91 Å². The molecule has 3 N–H and O–H groups in total. The summed E-state index contributed by atoms with van der Waals surface area (Å²) in [6.45, 7) is 3.81. The lowest BCUT2D eigenvalue weighted by atomic mass is 9.82. The number of amides is 2. The molecule has 1 heterocycles. The van der Waals surface area contributed by atoms with E-state index >= 15 is 0 Å². The SMILES string of the molecule is Cc1sc(NC(=O)[C@H]2CC=CC[C@@H]2C(=O)O)c(C(=O)NC2CCCC2)c1C. The molecule has 0 saturated heterocycles. The Morgan fingerprint density at radius 3 is 2.33 bits per heavy atom. The molecular formula is C20H26N2O4S. The highest BCUT2D eigenvalue weighted by Crippen LogP contribution is 2.35. The van der Waals surface area contributed by atoms with Crippen molar-refractivity contribution in [3.63, 3.8) is 0 Å². The zero-order valence-corrected chi connectivity index (χ0v) is 16.5. The lowest BCUT2D eigenvalue weighted by Gasteiger charge is -2.24. The predicted molar refractivity (Wildman–Crippen MR) is 105 cm³/mol. The number of carbonyl (C=O) groups is 3. The number of carbonyl (C=O) groups excluding carboxylic acids is 2. The van der Waals surface area contributed by atoms with Crippen molar-refractivity contribution in [2.75, 3.05) is 5.32 Å². The minimum absolute atomic E-state index is 0.155. The molecule has 27 heavy (non-hydrogen) atoms. The molecule has 2 aliphatic rings. The summed E-state index contributed by atoms with van der Waals surface area (Å²) in [6.07, 6.45) is 8.64. The van der Waals surface area contributed by atoms with Crippen LogP contribution in [0.2, 0.25) is 0 Å². The second-order valence-corrected chi connectivity index (χ2v) is 8.65. The first-order valence-corrected chi connectivity index (χ1v) is 10.3. The molecule has 0 bridgehead atoms. The minimum atomic E-state index is -0.961. The molecule has 1 fully saturated rings. The van der Waals surface area contributed by atoms with E-state index in [1.54, 1.807) is 0 Å². The lowest BCUT2D eigenvalue weighted by Crippen LogP contribution is -2.36. The maximum absolute atomic E-state index is 12.8. The lowest BCUT2D eigenvalue weighted by molar-refractivity contribution is -0.146. The number of nitrogens with one attached hydrogen (secondary N) is 2. The molecule has 2 atom stereocenters. The highest BCUT2D eigenvalue weighted by atomic mass is 32.1. The Morgan fingerprint density at radius 1 is 1.07 bits per heavy atom. The average molecular weight is 391 g/mol. The first kappa shape index (κ1) is 19.6. The van der Waals surface area contributed by atoms with E-state index in [0.717, 1.165) is 36.1 Å². The van der Waals surface area contributed by atoms with Gasteiger partial charge in [-0.2, -0.15) is 0 Å². The fourth-order valence-corrected chi connectivity index (χ4v) is 4.96. The molecule has 1 aromatic heterocycles. The summed E-state index contributed by atoms with van der Waals surface area (Å²) >= 11 is 1.37. The zero-order valence-electron chi connectivity index (χ0n) is 15.7. The van der Waals surface area contributed by atoms with E-state index < -0.39 is 17.8 Å². The highest BCUT2D eigenvalue weighted by molar-refractivity contribution is 7.16. The number of thiophene rings is 1. The van der Waals surface area contributed by atoms with Gasteiger partial charge in [-0.1, -0.05) is 25.0 Å². The topological polar surface area (TPSA) is 95.5 Å². The second-order valence-electron chi connectivity index (χ2n) is 7.43. The first-order chi connectivity index (χ1) is 12.9. The van der Waals surface area contributed by atoms with Gasteiger partial charge in [0.2, 0.25) is 5.91 Å². The van der Waals surface area contributed by atoms with E-state index in [0.29, 0.717) is 23.4 Å². The Hall–Kier alpha value is -2.15. The number of hydrogen-bond donors (Lipinski definition) is 3. The molecule has 1 aromatic rings. The Kier molecular flexibility index (Phi) is 5.99. The van der Waals surface area contributed by atoms with Gasteiger partial charge in [0.05, 0.1) is 17.4 Å². The van der Waals surface area contributed by atoms with Gasteiger partial charge in [-0.15, -0.1) is 11.3 Å². The highest BCUT2D eigenvalue weighted by Gasteiger charge is 2.35. The Balaban J connectivity index is 1.79. The van der Waals surface area contributed by atoms with Crippen molar-refractivity contribution in [2.45, 2.75) is 58.4 Å². The summed E-state index contributed by atoms with van der Waals surface area (Å²) in [5.41, 5.74) is 1.38. The number of anilines is 1. The van der Waals surface area contributed by atoms with Crippen LogP contribution < -0.4 is 10.6 Å². The molecule has 0 aliphatic heterocycles. The van der Waals surface area contributed by atoms with Crippen LogP contribution in [0.15, 0.2) is 12.2 Å². The summed E-state index contributed by atoms with van der Waals surface area (Å²) < 4.78 is 0. The van der Waals surface area contributed by atoms with Gasteiger partial charge < -0.3 is 15.7 Å². The number of carboxylic acid groups (broad SMARTS) is 1. The molecular weight excluding hydrogens is 364 g/mol. The van der Waals surface area contributed by atoms with Gasteiger partial charge in [0.1, 0.15) is 5.00 Å². The zero-order chi connectivity index (χ0) is 19.6. The van der Waals surface area contributed by atoms with Gasteiger partial charge in [-0.25, -0.2) is 0 Å². The van der Waals surface area contributed by atoms with E-state index in [1.807, 2.05) is 26.0 Å². The van der Waals surface area contributed by atoms with Gasteiger partial charge in [0.15, 0.2) is 0 Å². The molecule has 7 heteroatoms. The van der Waals surface area contributed by atoms with Crippen LogP contribution in [0, 0.1) is 25.7 Å². The normalized spacial score (nSPS) is 22.6. The van der Waals surface area contributed by atoms with Crippen molar-refractivity contribution in [1.29, 1.82) is 0 Å². The van der Waals surface area contributed by atoms with E-state index in [9.17, 15) is 19.5 Å². The number of carboxylic acids is 1. The molecule has 2 aliphatic carbocycles. The number of allylic oxidation sites excluding steroid dienone is 2. The molecule has 0 radical (unpaired) electrons. The first-order valence-electron chi connectivity index (χ1n) is 9.48. The number of aryl methyl sites for hydroxylation is 1. The van der Waals surface area contributed by atoms with Crippen LogP contribution in [0.4, 0.5) is 5.00 Å². The van der Waals surface area contributed by atoms with E-state index in [-0.39, 0.29) is 17.9 Å². The maximum Gasteiger partial charge on any atom is 0.307 e. The van der Waals surface area contributed by atoms with Crippen LogP contribution in [0.25, 0.3) is 0 Å². The average Bonchev–Trinajstić information content (AvgIpc) is 3.23. The fourth-order valence-electron chi connectivity index (χ4n) is 3.90. The third-order valence-electron chi connectivity index (χ3n) is 5.63. The molecule has 2 amide bonds. The summed E-state index contributed by atoms with van der Waals surface area (Å²) in [5.74, 6) is -2.80. The van der Waals surface area contributed by atoms with Gasteiger partial charge in [0, 0.05) is 10.9 Å². The number of aliphatic carboxylic acids is 1. The largest absolute Gasteiger partial charge is 0.481 e. The van der Waals surface area contributed by atoms with Crippen LogP contribution in [-0.4, -0.2) is 28.9 Å². The van der Waals surface area contributed by atoms with Crippen LogP contribution in [-0.2, 0) is 9.59 Å². The predicted octanol–water partition coefficient (Wildman–Crippen LogP) is 3.64. The Bertz CT molecular complexity index is 777. The van der Waals surface area contributed by atoms with Crippen molar-refractivity contribution < 1.29 is 19.5 Å². The molecule has 0 aromatic carbocycles. The van der Waals surface area contributed by atoms with Gasteiger partial charge >= 0.3 is 5.97 Å². The Morgan fingerprint density at radius 2 is 1.70 bits per heavy atom. The smallest absolute Gasteiger partial charge is 0.307 e. The van der Waals surface area contributed by atoms with Crippen LogP contribution in [0.5, 0.6) is 0 Å². The number of rotatable bonds is 5. The monoisotopic (exact) mass is 390 g/mol. The minimum Gasteiger partial charge on any atom is -0.481 e. The maximum atomic E-state index is 12.8. The van der Waals surface area contributed by atoms with E-state index in [2.05, 4.69) is 10.6 Å². The van der Waals surface area contributed by atoms with Crippen LogP contribution >= 0.6 is 11.3 Å². The molecule has 146 valence electrons. The summed E-state index contributed by atoms with van der Waals surface area (Å²) in [4.78, 5) is 38.1. The van der Waals surface area contributed by atoms with E-state index in [1.165, 1.54) is 11.3 Å². The van der Waals surface area contributed by atoms with Crippen molar-refractivity contribution in [3.8, 4) is 0 Å². The molecule has 1 saturated carbocycles. The van der Waals surface area contributed by atoms with Crippen molar-refractivity contribution in [2.24, 2.45) is 11.8 Å². The third-order valence-corrected chi connectivity index (χ3v) is 6.75. The fraction of sp³-hybridized carbons (Fsp3) is 0.550. The quantitative estimate of drug-likeness (QED) is 0.669. The summed E-state index contributed by atoms with van der Waals surface area (Å²) in [6, 6.07) is 0.195. The second kappa shape index (κ2) is 8.25. The molecule has 0 unspecified atom stereocenters. The van der Waals surface area contributed by atoms with Crippen molar-refractivity contribution in [1.82, 2.24) is 5.32 Å². The Labute approximate surface area is 163 Å². The number of hydrogen-bond acceptors (Lipinski definition) is 4. The molecule has 3 rings (SSSR count). The standard InChI is InChI=1S/C20H26N2O4S/c1-11-12(2)27-19(16(11)18(24)21-13-7-3-4-8-13)22-17(23)14-9-5-6-10-15(14)20(25)26/h5-6,13-15H,3-4,7-10H2,1-2H3,(H,21,24)(H,22,23)(H,25,26)/t14-,15-/m0/s1. The summed E-state index contributed by atoms with van der Waals surface area (Å²) in [7, 11) is 0. The van der Waals surface area contributed by atoms with Crippen LogP contribution in [0.1, 0.15) is 59.3 Å². The molecule has 0 spiro atoms.